The molecule has 11 nitrogen and oxygen atoms in total. The first kappa shape index (κ1) is 29.4. The maximum Gasteiger partial charge on any atom is 0.335 e. The topological polar surface area (TPSA) is 146 Å². The van der Waals surface area contributed by atoms with Gasteiger partial charge < -0.3 is 22.7 Å². The third-order valence-corrected chi connectivity index (χ3v) is 17.9. The molecule has 3 heterocycles. The summed E-state index contributed by atoms with van der Waals surface area (Å²) in [7, 11) is -9.92. The van der Waals surface area contributed by atoms with E-state index >= 15 is 0 Å². The minimum Gasteiger partial charge on any atom is -0.414 e. The molecule has 0 bridgehead atoms. The zero-order valence-electron chi connectivity index (χ0n) is 22.5. The first-order chi connectivity index (χ1) is 16.5. The molecule has 1 aromatic rings. The predicted molar refractivity (Wildman–Crippen MR) is 139 cm³/mol. The lowest BCUT2D eigenvalue weighted by molar-refractivity contribution is -0.0391. The standard InChI is InChI=1S/C22H40N2O9SSi2/c1-12(2)35(13(3)4)29-11-17-19(32-36(33-35,14(5)6)15(7)8)20(31-34(9,27)28)18(30-17)16-10-23-22(26)24-21(16)25/h10,12-15,17-20H,11H2,1-9H3,(H2,23,24,25,26)/t17-,18+,19?,20-/m1/s1. The number of fused-ring (bicyclic) bond motifs is 1. The molecule has 0 aromatic carbocycles. The van der Waals surface area contributed by atoms with Crippen molar-refractivity contribution in [1.29, 1.82) is 0 Å². The lowest BCUT2D eigenvalue weighted by atomic mass is 10.0. The van der Waals surface area contributed by atoms with Gasteiger partial charge in [0, 0.05) is 6.20 Å². The highest BCUT2D eigenvalue weighted by atomic mass is 32.2. The van der Waals surface area contributed by atoms with E-state index in [-0.39, 0.29) is 34.3 Å². The Balaban J connectivity index is 2.20. The van der Waals surface area contributed by atoms with Crippen molar-refractivity contribution in [2.24, 2.45) is 0 Å². The Morgan fingerprint density at radius 3 is 2.00 bits per heavy atom. The highest BCUT2D eigenvalue weighted by molar-refractivity contribution is 7.86. The van der Waals surface area contributed by atoms with Crippen molar-refractivity contribution < 1.29 is 30.3 Å². The van der Waals surface area contributed by atoms with Crippen LogP contribution in [0.5, 0.6) is 0 Å². The number of nitrogens with one attached hydrogen (secondary N) is 2. The van der Waals surface area contributed by atoms with Gasteiger partial charge in [-0.15, -0.1) is 0 Å². The summed E-state index contributed by atoms with van der Waals surface area (Å²) in [6.45, 7) is 16.7. The summed E-state index contributed by atoms with van der Waals surface area (Å²) in [5, 5.41) is 0. The number of ether oxygens (including phenoxy) is 1. The van der Waals surface area contributed by atoms with Crippen molar-refractivity contribution in [2.45, 2.75) is 102 Å². The molecule has 0 radical (unpaired) electrons. The second-order valence-electron chi connectivity index (χ2n) is 10.9. The van der Waals surface area contributed by atoms with Gasteiger partial charge in [-0.2, -0.15) is 8.42 Å². The average Bonchev–Trinajstić information content (AvgIpc) is 3.01. The molecule has 3 rings (SSSR count). The Labute approximate surface area is 214 Å². The Morgan fingerprint density at radius 2 is 1.53 bits per heavy atom. The van der Waals surface area contributed by atoms with Crippen molar-refractivity contribution in [3.8, 4) is 0 Å². The van der Waals surface area contributed by atoms with Crippen LogP contribution in [0.4, 0.5) is 0 Å². The fraction of sp³-hybridized carbons (Fsp3) is 0.818. The summed E-state index contributed by atoms with van der Waals surface area (Å²) in [6.07, 6.45) is -1.73. The van der Waals surface area contributed by atoms with E-state index in [4.69, 9.17) is 21.9 Å². The molecule has 2 saturated heterocycles. The Bertz CT molecular complexity index is 1130. The highest BCUT2D eigenvalue weighted by Gasteiger charge is 2.62. The molecular weight excluding hydrogens is 524 g/mol. The maximum atomic E-state index is 12.7. The minimum atomic E-state index is -3.97. The number of H-pyrrole nitrogens is 2. The molecule has 4 atom stereocenters. The van der Waals surface area contributed by atoms with E-state index in [2.05, 4.69) is 65.4 Å². The van der Waals surface area contributed by atoms with Crippen molar-refractivity contribution in [3.05, 3.63) is 32.6 Å². The third-order valence-electron chi connectivity index (χ3n) is 7.08. The summed E-state index contributed by atoms with van der Waals surface area (Å²) in [4.78, 5) is 28.9. The molecule has 1 unspecified atom stereocenters. The van der Waals surface area contributed by atoms with Crippen LogP contribution in [0.25, 0.3) is 0 Å². The van der Waals surface area contributed by atoms with Crippen LogP contribution in [-0.2, 0) is 32.0 Å². The quantitative estimate of drug-likeness (QED) is 0.377. The van der Waals surface area contributed by atoms with Gasteiger partial charge in [-0.25, -0.2) is 4.79 Å². The monoisotopic (exact) mass is 564 g/mol. The lowest BCUT2D eigenvalue weighted by Gasteiger charge is -2.51. The summed E-state index contributed by atoms with van der Waals surface area (Å²) < 4.78 is 57.2. The molecule has 2 fully saturated rings. The highest BCUT2D eigenvalue weighted by Crippen LogP contribution is 2.49. The van der Waals surface area contributed by atoms with Gasteiger partial charge in [0.15, 0.2) is 0 Å². The summed E-state index contributed by atoms with van der Waals surface area (Å²) in [5.74, 6) is 0. The normalized spacial score (nSPS) is 28.5. The Morgan fingerprint density at radius 1 is 0.972 bits per heavy atom. The van der Waals surface area contributed by atoms with E-state index in [0.29, 0.717) is 0 Å². The fourth-order valence-electron chi connectivity index (χ4n) is 5.33. The molecule has 2 N–H and O–H groups in total. The molecule has 0 spiro atoms. The van der Waals surface area contributed by atoms with Crippen LogP contribution >= 0.6 is 0 Å². The van der Waals surface area contributed by atoms with Crippen molar-refractivity contribution >= 4 is 27.2 Å². The van der Waals surface area contributed by atoms with Crippen LogP contribution < -0.4 is 11.2 Å². The smallest absolute Gasteiger partial charge is 0.335 e. The number of aromatic amines is 2. The molecule has 2 aliphatic heterocycles. The molecule has 36 heavy (non-hydrogen) atoms. The number of hydrogen-bond acceptors (Lipinski definition) is 9. The lowest BCUT2D eigenvalue weighted by Crippen LogP contribution is -2.66. The van der Waals surface area contributed by atoms with Crippen LogP contribution in [0.2, 0.25) is 22.2 Å². The first-order valence-electron chi connectivity index (χ1n) is 12.4. The zero-order valence-corrected chi connectivity index (χ0v) is 25.3. The van der Waals surface area contributed by atoms with Gasteiger partial charge in [0.2, 0.25) is 0 Å². The number of aromatic nitrogens is 2. The molecule has 0 amide bonds. The van der Waals surface area contributed by atoms with Crippen molar-refractivity contribution in [2.75, 3.05) is 12.9 Å². The van der Waals surface area contributed by atoms with Gasteiger partial charge in [0.25, 0.3) is 15.7 Å². The van der Waals surface area contributed by atoms with Gasteiger partial charge in [0.1, 0.15) is 24.4 Å². The van der Waals surface area contributed by atoms with Gasteiger partial charge in [-0.1, -0.05) is 55.4 Å². The predicted octanol–water partition coefficient (Wildman–Crippen LogP) is 2.80. The van der Waals surface area contributed by atoms with Crippen LogP contribution in [0.1, 0.15) is 67.1 Å². The second kappa shape index (κ2) is 10.6. The van der Waals surface area contributed by atoms with Crippen LogP contribution in [-0.4, -0.2) is 66.7 Å². The van der Waals surface area contributed by atoms with Gasteiger partial charge in [0.05, 0.1) is 18.4 Å². The molecular formula is C22H40N2O9SSi2. The number of hydrogen-bond donors (Lipinski definition) is 2. The summed E-state index contributed by atoms with van der Waals surface area (Å²) in [5.41, 5.74) is -1.11. The van der Waals surface area contributed by atoms with Crippen molar-refractivity contribution in [3.63, 3.8) is 0 Å². The van der Waals surface area contributed by atoms with Crippen LogP contribution in [0.15, 0.2) is 15.8 Å². The van der Waals surface area contributed by atoms with Gasteiger partial charge in [-0.05, 0) is 22.2 Å². The molecule has 206 valence electrons. The SMILES string of the molecule is CC(C)[Si]1(C(C)C)OC[C@H]2O[C@@H](c3c[nH]c(=O)[nH]c3=O)[C@@H](OS(C)(=O)=O)C2O[Si](C(C)C)(C(C)C)O1. The van der Waals surface area contributed by atoms with Gasteiger partial charge in [-0.3, -0.25) is 14.0 Å². The van der Waals surface area contributed by atoms with E-state index in [9.17, 15) is 18.0 Å². The van der Waals surface area contributed by atoms with E-state index in [1.54, 1.807) is 0 Å². The molecule has 0 saturated carbocycles. The van der Waals surface area contributed by atoms with E-state index in [0.717, 1.165) is 6.26 Å². The second-order valence-corrected chi connectivity index (χ2v) is 21.4. The van der Waals surface area contributed by atoms with E-state index < -0.39 is 62.9 Å². The minimum absolute atomic E-state index is 0.00126. The van der Waals surface area contributed by atoms with Gasteiger partial charge >= 0.3 is 22.8 Å². The molecule has 0 aliphatic carbocycles. The first-order valence-corrected chi connectivity index (χ1v) is 18.2. The van der Waals surface area contributed by atoms with Crippen molar-refractivity contribution in [1.82, 2.24) is 9.97 Å². The van der Waals surface area contributed by atoms with Crippen LogP contribution in [0, 0.1) is 0 Å². The van der Waals surface area contributed by atoms with E-state index in [1.807, 2.05) is 0 Å². The van der Waals surface area contributed by atoms with E-state index in [1.165, 1.54) is 6.20 Å². The Kier molecular flexibility index (Phi) is 8.63. The summed E-state index contributed by atoms with van der Waals surface area (Å²) >= 11 is 0. The summed E-state index contributed by atoms with van der Waals surface area (Å²) in [6, 6.07) is 0. The Hall–Kier alpha value is -1.14. The number of rotatable bonds is 7. The third kappa shape index (κ3) is 5.50. The zero-order chi connectivity index (χ0) is 27.2. The molecule has 1 aromatic heterocycles. The van der Waals surface area contributed by atoms with Crippen LogP contribution in [0.3, 0.4) is 0 Å². The molecule has 14 heteroatoms. The molecule has 2 aliphatic rings. The maximum absolute atomic E-state index is 12.7. The largest absolute Gasteiger partial charge is 0.414 e. The average molecular weight is 565 g/mol. The fourth-order valence-corrected chi connectivity index (χ4v) is 17.2.